The highest BCUT2D eigenvalue weighted by Gasteiger charge is 2.13. The highest BCUT2D eigenvalue weighted by Crippen LogP contribution is 2.28. The molecule has 0 fully saturated rings. The van der Waals surface area contributed by atoms with Gasteiger partial charge < -0.3 is 10.5 Å². The van der Waals surface area contributed by atoms with Gasteiger partial charge in [0.1, 0.15) is 5.75 Å². The molecule has 0 saturated carbocycles. The molecule has 17 heavy (non-hydrogen) atoms. The van der Waals surface area contributed by atoms with E-state index in [1.54, 1.807) is 0 Å². The van der Waals surface area contributed by atoms with Crippen molar-refractivity contribution in [3.63, 3.8) is 0 Å². The molecule has 92 valence electrons. The first-order valence-corrected chi connectivity index (χ1v) is 6.48. The SMILES string of the molecule is CCOc1ccc(C(N)C2=CCCCC2)cc1. The minimum Gasteiger partial charge on any atom is -0.494 e. The zero-order valence-corrected chi connectivity index (χ0v) is 10.5. The summed E-state index contributed by atoms with van der Waals surface area (Å²) in [4.78, 5) is 0. The molecule has 1 aromatic rings. The van der Waals surface area contributed by atoms with Crippen molar-refractivity contribution in [3.05, 3.63) is 41.5 Å². The van der Waals surface area contributed by atoms with E-state index in [0.29, 0.717) is 6.61 Å². The van der Waals surface area contributed by atoms with Crippen LogP contribution in [0.3, 0.4) is 0 Å². The molecule has 1 aliphatic carbocycles. The van der Waals surface area contributed by atoms with E-state index in [4.69, 9.17) is 10.5 Å². The van der Waals surface area contributed by atoms with Crippen LogP contribution in [-0.2, 0) is 0 Å². The molecule has 1 atom stereocenters. The van der Waals surface area contributed by atoms with Gasteiger partial charge in [0, 0.05) is 0 Å². The highest BCUT2D eigenvalue weighted by atomic mass is 16.5. The number of hydrogen-bond acceptors (Lipinski definition) is 2. The number of ether oxygens (including phenoxy) is 1. The Bertz CT molecular complexity index is 380. The second-order valence-corrected chi connectivity index (χ2v) is 4.50. The molecule has 0 radical (unpaired) electrons. The van der Waals surface area contributed by atoms with Crippen LogP contribution in [0.4, 0.5) is 0 Å². The van der Waals surface area contributed by atoms with Crippen molar-refractivity contribution < 1.29 is 4.74 Å². The van der Waals surface area contributed by atoms with Crippen LogP contribution >= 0.6 is 0 Å². The predicted molar refractivity (Wildman–Crippen MR) is 71.1 cm³/mol. The second kappa shape index (κ2) is 5.87. The molecule has 1 aromatic carbocycles. The monoisotopic (exact) mass is 231 g/mol. The Morgan fingerprint density at radius 2 is 2.00 bits per heavy atom. The van der Waals surface area contributed by atoms with E-state index in [-0.39, 0.29) is 6.04 Å². The summed E-state index contributed by atoms with van der Waals surface area (Å²) in [7, 11) is 0. The van der Waals surface area contributed by atoms with Gasteiger partial charge in [0.2, 0.25) is 0 Å². The Balaban J connectivity index is 2.08. The molecule has 2 rings (SSSR count). The minimum absolute atomic E-state index is 0.0611. The van der Waals surface area contributed by atoms with Crippen LogP contribution in [0.1, 0.15) is 44.2 Å². The minimum atomic E-state index is 0.0611. The lowest BCUT2D eigenvalue weighted by molar-refractivity contribution is 0.340. The topological polar surface area (TPSA) is 35.2 Å². The van der Waals surface area contributed by atoms with Gasteiger partial charge in [-0.3, -0.25) is 0 Å². The van der Waals surface area contributed by atoms with Crippen molar-refractivity contribution in [2.24, 2.45) is 5.73 Å². The maximum Gasteiger partial charge on any atom is 0.119 e. The molecule has 0 heterocycles. The first kappa shape index (κ1) is 12.2. The van der Waals surface area contributed by atoms with Gasteiger partial charge in [0.15, 0.2) is 0 Å². The van der Waals surface area contributed by atoms with Crippen molar-refractivity contribution in [1.82, 2.24) is 0 Å². The van der Waals surface area contributed by atoms with E-state index in [1.165, 1.54) is 30.4 Å². The van der Waals surface area contributed by atoms with Crippen molar-refractivity contribution in [1.29, 1.82) is 0 Å². The van der Waals surface area contributed by atoms with Crippen molar-refractivity contribution in [3.8, 4) is 5.75 Å². The van der Waals surface area contributed by atoms with E-state index in [2.05, 4.69) is 18.2 Å². The predicted octanol–water partition coefficient (Wildman–Crippen LogP) is 3.59. The summed E-state index contributed by atoms with van der Waals surface area (Å²) in [6, 6.07) is 8.21. The van der Waals surface area contributed by atoms with Crippen molar-refractivity contribution in [2.45, 2.75) is 38.6 Å². The molecule has 0 amide bonds. The number of nitrogens with two attached hydrogens (primary N) is 1. The zero-order valence-electron chi connectivity index (χ0n) is 10.5. The second-order valence-electron chi connectivity index (χ2n) is 4.50. The van der Waals surface area contributed by atoms with E-state index in [1.807, 2.05) is 19.1 Å². The van der Waals surface area contributed by atoms with Gasteiger partial charge in [-0.15, -0.1) is 0 Å². The van der Waals surface area contributed by atoms with Crippen LogP contribution in [0.2, 0.25) is 0 Å². The molecule has 2 nitrogen and oxygen atoms in total. The van der Waals surface area contributed by atoms with Gasteiger partial charge >= 0.3 is 0 Å². The molecule has 2 heteroatoms. The molecular formula is C15H21NO. The summed E-state index contributed by atoms with van der Waals surface area (Å²) in [5, 5.41) is 0. The Morgan fingerprint density at radius 3 is 2.59 bits per heavy atom. The Kier molecular flexibility index (Phi) is 4.21. The van der Waals surface area contributed by atoms with Gasteiger partial charge in [0.05, 0.1) is 12.6 Å². The zero-order chi connectivity index (χ0) is 12.1. The van der Waals surface area contributed by atoms with Gasteiger partial charge in [-0.25, -0.2) is 0 Å². The summed E-state index contributed by atoms with van der Waals surface area (Å²) >= 11 is 0. The summed E-state index contributed by atoms with van der Waals surface area (Å²) in [6.45, 7) is 2.70. The Labute approximate surface area is 103 Å². The fourth-order valence-corrected chi connectivity index (χ4v) is 2.30. The summed E-state index contributed by atoms with van der Waals surface area (Å²) < 4.78 is 5.43. The maximum absolute atomic E-state index is 6.28. The average molecular weight is 231 g/mol. The number of hydrogen-bond donors (Lipinski definition) is 1. The van der Waals surface area contributed by atoms with Gasteiger partial charge in [-0.2, -0.15) is 0 Å². The standard InChI is InChI=1S/C15H21NO/c1-2-17-14-10-8-13(9-11-14)15(16)12-6-4-3-5-7-12/h6,8-11,15H,2-5,7,16H2,1H3. The van der Waals surface area contributed by atoms with Crippen LogP contribution in [0, 0.1) is 0 Å². The van der Waals surface area contributed by atoms with Crippen LogP contribution in [0.5, 0.6) is 5.75 Å². The lowest BCUT2D eigenvalue weighted by atomic mass is 9.90. The summed E-state index contributed by atoms with van der Waals surface area (Å²) in [5.74, 6) is 0.918. The first-order chi connectivity index (χ1) is 8.31. The van der Waals surface area contributed by atoms with Crippen molar-refractivity contribution >= 4 is 0 Å². The summed E-state index contributed by atoms with van der Waals surface area (Å²) in [6.07, 6.45) is 7.22. The Morgan fingerprint density at radius 1 is 1.24 bits per heavy atom. The van der Waals surface area contributed by atoms with E-state index in [9.17, 15) is 0 Å². The normalized spacial score (nSPS) is 17.4. The van der Waals surface area contributed by atoms with Crippen LogP contribution in [-0.4, -0.2) is 6.61 Å². The van der Waals surface area contributed by atoms with Gasteiger partial charge in [-0.05, 0) is 50.3 Å². The third-order valence-corrected chi connectivity index (χ3v) is 3.28. The van der Waals surface area contributed by atoms with Crippen molar-refractivity contribution in [2.75, 3.05) is 6.61 Å². The van der Waals surface area contributed by atoms with Gasteiger partial charge in [0.25, 0.3) is 0 Å². The smallest absolute Gasteiger partial charge is 0.119 e. The number of benzene rings is 1. The first-order valence-electron chi connectivity index (χ1n) is 6.48. The highest BCUT2D eigenvalue weighted by molar-refractivity contribution is 5.33. The lowest BCUT2D eigenvalue weighted by Crippen LogP contribution is -2.14. The maximum atomic E-state index is 6.28. The quantitative estimate of drug-likeness (QED) is 0.804. The van der Waals surface area contributed by atoms with Crippen LogP contribution < -0.4 is 10.5 Å². The lowest BCUT2D eigenvalue weighted by Gasteiger charge is -2.20. The molecule has 0 saturated heterocycles. The molecule has 0 bridgehead atoms. The van der Waals surface area contributed by atoms with E-state index >= 15 is 0 Å². The molecule has 0 spiro atoms. The molecule has 1 aliphatic rings. The van der Waals surface area contributed by atoms with Crippen LogP contribution in [0.15, 0.2) is 35.9 Å². The molecule has 0 aromatic heterocycles. The number of allylic oxidation sites excluding steroid dienone is 1. The van der Waals surface area contributed by atoms with E-state index in [0.717, 1.165) is 12.2 Å². The third kappa shape index (κ3) is 3.10. The largest absolute Gasteiger partial charge is 0.494 e. The Hall–Kier alpha value is -1.28. The molecular weight excluding hydrogens is 210 g/mol. The van der Waals surface area contributed by atoms with Gasteiger partial charge in [-0.1, -0.05) is 23.8 Å². The molecule has 0 aliphatic heterocycles. The third-order valence-electron chi connectivity index (χ3n) is 3.28. The molecule has 2 N–H and O–H groups in total. The number of rotatable bonds is 4. The van der Waals surface area contributed by atoms with E-state index < -0.39 is 0 Å². The summed E-state index contributed by atoms with van der Waals surface area (Å²) in [5.41, 5.74) is 8.86. The molecule has 1 unspecified atom stereocenters. The fraction of sp³-hybridized carbons (Fsp3) is 0.467. The van der Waals surface area contributed by atoms with Crippen LogP contribution in [0.25, 0.3) is 0 Å². The fourth-order valence-electron chi connectivity index (χ4n) is 2.30. The average Bonchev–Trinajstić information content (AvgIpc) is 2.40.